The molecule has 3 rings (SSSR count). The maximum atomic E-state index is 12.2. The molecule has 7 heteroatoms. The van der Waals surface area contributed by atoms with Gasteiger partial charge >= 0.3 is 0 Å². The number of nitrogens with one attached hydrogen (secondary N) is 3. The van der Waals surface area contributed by atoms with Crippen molar-refractivity contribution in [1.29, 1.82) is 0 Å². The van der Waals surface area contributed by atoms with Crippen LogP contribution in [-0.4, -0.2) is 18.4 Å². The van der Waals surface area contributed by atoms with Gasteiger partial charge in [0.2, 0.25) is 5.91 Å². The molecule has 0 fully saturated rings. The molecule has 3 aromatic rings. The highest BCUT2D eigenvalue weighted by molar-refractivity contribution is 6.31. The summed E-state index contributed by atoms with van der Waals surface area (Å²) < 4.78 is 5.08. The van der Waals surface area contributed by atoms with Crippen molar-refractivity contribution in [1.82, 2.24) is 0 Å². The number of hydrogen-bond acceptors (Lipinski definition) is 4. The lowest BCUT2D eigenvalue weighted by molar-refractivity contribution is -0.114. The summed E-state index contributed by atoms with van der Waals surface area (Å²) in [6, 6.07) is 15.7. The van der Waals surface area contributed by atoms with Crippen LogP contribution in [0.1, 0.15) is 16.1 Å². The molecule has 138 valence electrons. The van der Waals surface area contributed by atoms with Crippen LogP contribution in [-0.2, 0) is 4.79 Å². The van der Waals surface area contributed by atoms with E-state index in [-0.39, 0.29) is 18.2 Å². The number of carbonyl (C=O) groups excluding carboxylic acids is 2. The van der Waals surface area contributed by atoms with E-state index in [1.54, 1.807) is 30.3 Å². The van der Waals surface area contributed by atoms with Crippen molar-refractivity contribution in [3.8, 4) is 0 Å². The zero-order valence-corrected chi connectivity index (χ0v) is 15.3. The van der Waals surface area contributed by atoms with Crippen LogP contribution < -0.4 is 16.0 Å². The van der Waals surface area contributed by atoms with Gasteiger partial charge < -0.3 is 20.4 Å². The Hall–Kier alpha value is -3.25. The van der Waals surface area contributed by atoms with Crippen molar-refractivity contribution in [3.63, 3.8) is 0 Å². The molecule has 0 aliphatic heterocycles. The summed E-state index contributed by atoms with van der Waals surface area (Å²) in [5.74, 6) is -0.440. The topological polar surface area (TPSA) is 83.4 Å². The number of rotatable bonds is 6. The molecule has 0 spiro atoms. The Bertz CT molecular complexity index is 938. The second kappa shape index (κ2) is 8.42. The monoisotopic (exact) mass is 383 g/mol. The summed E-state index contributed by atoms with van der Waals surface area (Å²) >= 11 is 6.03. The molecule has 27 heavy (non-hydrogen) atoms. The van der Waals surface area contributed by atoms with Crippen molar-refractivity contribution in [2.24, 2.45) is 0 Å². The fraction of sp³-hybridized carbons (Fsp3) is 0.100. The SMILES string of the molecule is Cc1ccc(NC(=O)CNc2ccc(Cl)cc2NC(=O)c2ccco2)cc1. The predicted molar refractivity (Wildman–Crippen MR) is 106 cm³/mol. The number of amides is 2. The van der Waals surface area contributed by atoms with Crippen LogP contribution >= 0.6 is 11.6 Å². The van der Waals surface area contributed by atoms with Crippen molar-refractivity contribution >= 4 is 40.5 Å². The molecule has 6 nitrogen and oxygen atoms in total. The average molecular weight is 384 g/mol. The van der Waals surface area contributed by atoms with E-state index in [1.807, 2.05) is 31.2 Å². The standard InChI is InChI=1S/C20H18ClN3O3/c1-13-4-7-15(8-5-13)23-19(25)12-22-16-9-6-14(21)11-17(16)24-20(26)18-3-2-10-27-18/h2-11,22H,12H2,1H3,(H,23,25)(H,24,26). The summed E-state index contributed by atoms with van der Waals surface area (Å²) in [7, 11) is 0. The lowest BCUT2D eigenvalue weighted by atomic mass is 10.2. The van der Waals surface area contributed by atoms with Gasteiger partial charge in [-0.2, -0.15) is 0 Å². The fourth-order valence-electron chi connectivity index (χ4n) is 2.38. The highest BCUT2D eigenvalue weighted by atomic mass is 35.5. The zero-order valence-electron chi connectivity index (χ0n) is 14.6. The van der Waals surface area contributed by atoms with Crippen LogP contribution in [0.2, 0.25) is 5.02 Å². The Morgan fingerprint density at radius 3 is 2.48 bits per heavy atom. The third kappa shape index (κ3) is 5.12. The van der Waals surface area contributed by atoms with E-state index in [0.29, 0.717) is 16.4 Å². The van der Waals surface area contributed by atoms with E-state index >= 15 is 0 Å². The third-order valence-corrected chi connectivity index (χ3v) is 3.98. The number of halogens is 1. The Morgan fingerprint density at radius 2 is 1.78 bits per heavy atom. The van der Waals surface area contributed by atoms with Gasteiger partial charge in [0, 0.05) is 10.7 Å². The minimum absolute atomic E-state index is 0.0269. The van der Waals surface area contributed by atoms with Gasteiger partial charge in [0.05, 0.1) is 24.2 Å². The van der Waals surface area contributed by atoms with Crippen molar-refractivity contribution in [3.05, 3.63) is 77.2 Å². The molecular weight excluding hydrogens is 366 g/mol. The highest BCUT2D eigenvalue weighted by Gasteiger charge is 2.13. The van der Waals surface area contributed by atoms with Crippen LogP contribution in [0.3, 0.4) is 0 Å². The number of benzene rings is 2. The summed E-state index contributed by atoms with van der Waals surface area (Å²) in [6.07, 6.45) is 1.42. The number of hydrogen-bond donors (Lipinski definition) is 3. The fourth-order valence-corrected chi connectivity index (χ4v) is 2.56. The predicted octanol–water partition coefficient (Wildman–Crippen LogP) is 4.54. The van der Waals surface area contributed by atoms with Crippen LogP contribution in [0.5, 0.6) is 0 Å². The maximum absolute atomic E-state index is 12.2. The molecule has 0 atom stereocenters. The summed E-state index contributed by atoms with van der Waals surface area (Å²) in [6.45, 7) is 2.01. The van der Waals surface area contributed by atoms with Crippen LogP contribution in [0.15, 0.2) is 65.3 Å². The number of furan rings is 1. The van der Waals surface area contributed by atoms with Gasteiger partial charge in [0.25, 0.3) is 5.91 Å². The first-order chi connectivity index (χ1) is 13.0. The van der Waals surface area contributed by atoms with Gasteiger partial charge in [-0.15, -0.1) is 0 Å². The third-order valence-electron chi connectivity index (χ3n) is 3.75. The largest absolute Gasteiger partial charge is 0.459 e. The molecule has 3 N–H and O–H groups in total. The first-order valence-electron chi connectivity index (χ1n) is 8.26. The Morgan fingerprint density at radius 1 is 1.00 bits per heavy atom. The molecule has 0 aliphatic carbocycles. The Kier molecular flexibility index (Phi) is 5.78. The van der Waals surface area contributed by atoms with Gasteiger partial charge in [0.15, 0.2) is 5.76 Å². The van der Waals surface area contributed by atoms with E-state index in [1.165, 1.54) is 6.26 Å². The molecule has 0 saturated carbocycles. The van der Waals surface area contributed by atoms with E-state index in [0.717, 1.165) is 11.3 Å². The van der Waals surface area contributed by atoms with Crippen LogP contribution in [0.4, 0.5) is 17.1 Å². The van der Waals surface area contributed by atoms with E-state index in [9.17, 15) is 9.59 Å². The van der Waals surface area contributed by atoms with Crippen LogP contribution in [0.25, 0.3) is 0 Å². The number of aryl methyl sites for hydroxylation is 1. The van der Waals surface area contributed by atoms with Gasteiger partial charge in [-0.3, -0.25) is 9.59 Å². The highest BCUT2D eigenvalue weighted by Crippen LogP contribution is 2.26. The average Bonchev–Trinajstić information content (AvgIpc) is 3.18. The first-order valence-corrected chi connectivity index (χ1v) is 8.64. The first kappa shape index (κ1) is 18.5. The van der Waals surface area contributed by atoms with Gasteiger partial charge in [-0.1, -0.05) is 29.3 Å². The van der Waals surface area contributed by atoms with Crippen molar-refractivity contribution in [2.45, 2.75) is 6.92 Å². The van der Waals surface area contributed by atoms with Crippen molar-refractivity contribution < 1.29 is 14.0 Å². The van der Waals surface area contributed by atoms with Gasteiger partial charge in [-0.25, -0.2) is 0 Å². The Balaban J connectivity index is 1.64. The lowest BCUT2D eigenvalue weighted by Gasteiger charge is -2.13. The minimum Gasteiger partial charge on any atom is -0.459 e. The van der Waals surface area contributed by atoms with E-state index in [4.69, 9.17) is 16.0 Å². The molecule has 2 aromatic carbocycles. The molecule has 1 aromatic heterocycles. The summed E-state index contributed by atoms with van der Waals surface area (Å²) in [5.41, 5.74) is 2.85. The molecule has 2 amide bonds. The van der Waals surface area contributed by atoms with Crippen LogP contribution in [0, 0.1) is 6.92 Å². The minimum atomic E-state index is -0.408. The molecule has 0 radical (unpaired) electrons. The summed E-state index contributed by atoms with van der Waals surface area (Å²) in [5, 5.41) is 8.99. The van der Waals surface area contributed by atoms with Gasteiger partial charge in [0.1, 0.15) is 0 Å². The normalized spacial score (nSPS) is 10.3. The van der Waals surface area contributed by atoms with Gasteiger partial charge in [-0.05, 0) is 49.4 Å². The van der Waals surface area contributed by atoms with Crippen molar-refractivity contribution in [2.75, 3.05) is 22.5 Å². The zero-order chi connectivity index (χ0) is 19.2. The molecule has 0 bridgehead atoms. The lowest BCUT2D eigenvalue weighted by Crippen LogP contribution is -2.22. The molecule has 1 heterocycles. The second-order valence-corrected chi connectivity index (χ2v) is 6.33. The smallest absolute Gasteiger partial charge is 0.291 e. The quantitative estimate of drug-likeness (QED) is 0.583. The molecule has 0 aliphatic rings. The molecule has 0 unspecified atom stereocenters. The molecule has 0 saturated heterocycles. The summed E-state index contributed by atoms with van der Waals surface area (Å²) in [4.78, 5) is 24.3. The number of carbonyl (C=O) groups is 2. The maximum Gasteiger partial charge on any atom is 0.291 e. The molecular formula is C20H18ClN3O3. The Labute approximate surface area is 161 Å². The van der Waals surface area contributed by atoms with E-state index < -0.39 is 5.91 Å². The second-order valence-electron chi connectivity index (χ2n) is 5.89. The van der Waals surface area contributed by atoms with E-state index in [2.05, 4.69) is 16.0 Å². The number of anilines is 3.